The maximum Gasteiger partial charge on any atom is 0.345 e. The summed E-state index contributed by atoms with van der Waals surface area (Å²) in [6.07, 6.45) is 3.88. The summed E-state index contributed by atoms with van der Waals surface area (Å²) >= 11 is 0. The summed E-state index contributed by atoms with van der Waals surface area (Å²) in [6.45, 7) is 0.944. The molecule has 0 aromatic heterocycles. The number of hydrogen-bond donors (Lipinski definition) is 0. The highest BCUT2D eigenvalue weighted by Gasteiger charge is 2.39. The molecule has 1 atom stereocenters. The second kappa shape index (κ2) is 8.48. The lowest BCUT2D eigenvalue weighted by atomic mass is 10.1. The average molecular weight is 424 g/mol. The number of para-hydroxylation sites is 1. The maximum atomic E-state index is 12.9. The summed E-state index contributed by atoms with van der Waals surface area (Å²) in [7, 11) is -3.17. The van der Waals surface area contributed by atoms with Crippen LogP contribution in [0.3, 0.4) is 0 Å². The number of hydrogen-bond acceptors (Lipinski definition) is 7. The van der Waals surface area contributed by atoms with E-state index in [-0.39, 0.29) is 28.8 Å². The standard InChI is InChI=1S/C19H24N2O7S/c1-13-5-4-8-16(18(13)21(24)25)19(23)28-11-17(22)20(14-6-2-3-7-14)15-9-10-29(26,27)12-15/h4-5,8,14-15H,2-3,6-7,9-12H2,1H3/t15-/m0/s1. The van der Waals surface area contributed by atoms with Crippen molar-refractivity contribution in [2.24, 2.45) is 0 Å². The van der Waals surface area contributed by atoms with Crippen molar-refractivity contribution >= 4 is 27.4 Å². The average Bonchev–Trinajstić information content (AvgIpc) is 3.29. The van der Waals surface area contributed by atoms with Crippen molar-refractivity contribution < 1.29 is 27.7 Å². The van der Waals surface area contributed by atoms with Crippen molar-refractivity contribution in [3.05, 3.63) is 39.4 Å². The molecule has 0 bridgehead atoms. The SMILES string of the molecule is Cc1cccc(C(=O)OCC(=O)N(C2CCCC2)[C@H]2CCS(=O)(=O)C2)c1[N+](=O)[O-]. The summed E-state index contributed by atoms with van der Waals surface area (Å²) in [4.78, 5) is 37.5. The predicted molar refractivity (Wildman–Crippen MR) is 104 cm³/mol. The van der Waals surface area contributed by atoms with Crippen molar-refractivity contribution in [3.8, 4) is 0 Å². The number of esters is 1. The number of aryl methyl sites for hydroxylation is 1. The second-order valence-corrected chi connectivity index (χ2v) is 9.83. The predicted octanol–water partition coefficient (Wildman–Crippen LogP) is 2.02. The molecule has 1 aliphatic heterocycles. The number of nitro benzene ring substituents is 1. The highest BCUT2D eigenvalue weighted by atomic mass is 32.2. The molecule has 1 heterocycles. The van der Waals surface area contributed by atoms with E-state index in [1.54, 1.807) is 4.90 Å². The molecule has 3 rings (SSSR count). The fourth-order valence-corrected chi connectivity index (χ4v) is 5.94. The Labute approximate surface area is 169 Å². The van der Waals surface area contributed by atoms with Crippen LogP contribution in [0.2, 0.25) is 0 Å². The van der Waals surface area contributed by atoms with Crippen LogP contribution in [0.25, 0.3) is 0 Å². The van der Waals surface area contributed by atoms with Crippen molar-refractivity contribution in [2.45, 2.75) is 51.1 Å². The Morgan fingerprint density at radius 2 is 1.90 bits per heavy atom. The van der Waals surface area contributed by atoms with Crippen LogP contribution in [-0.4, -0.2) is 60.3 Å². The lowest BCUT2D eigenvalue weighted by Crippen LogP contribution is -2.48. The van der Waals surface area contributed by atoms with Crippen molar-refractivity contribution in [2.75, 3.05) is 18.1 Å². The first-order valence-corrected chi connectivity index (χ1v) is 11.4. The molecule has 10 heteroatoms. The van der Waals surface area contributed by atoms with Gasteiger partial charge in [-0.3, -0.25) is 14.9 Å². The maximum absolute atomic E-state index is 12.9. The Bertz CT molecular complexity index is 922. The molecule has 1 aromatic rings. The minimum Gasteiger partial charge on any atom is -0.452 e. The molecule has 158 valence electrons. The van der Waals surface area contributed by atoms with E-state index in [9.17, 15) is 28.1 Å². The van der Waals surface area contributed by atoms with Crippen LogP contribution in [0.15, 0.2) is 18.2 Å². The van der Waals surface area contributed by atoms with Gasteiger partial charge in [0.05, 0.1) is 16.4 Å². The van der Waals surface area contributed by atoms with Gasteiger partial charge in [-0.15, -0.1) is 0 Å². The zero-order valence-electron chi connectivity index (χ0n) is 16.2. The zero-order chi connectivity index (χ0) is 21.2. The monoisotopic (exact) mass is 424 g/mol. The molecule has 1 aliphatic carbocycles. The molecule has 0 N–H and O–H groups in total. The number of nitro groups is 1. The van der Waals surface area contributed by atoms with E-state index in [1.165, 1.54) is 25.1 Å². The van der Waals surface area contributed by atoms with Gasteiger partial charge in [0.2, 0.25) is 0 Å². The molecule has 0 spiro atoms. The highest BCUT2D eigenvalue weighted by Crippen LogP contribution is 2.29. The third kappa shape index (κ3) is 4.75. The Hall–Kier alpha value is -2.49. The number of sulfone groups is 1. The summed E-state index contributed by atoms with van der Waals surface area (Å²) in [5, 5.41) is 11.3. The number of carbonyl (C=O) groups excluding carboxylic acids is 2. The lowest BCUT2D eigenvalue weighted by molar-refractivity contribution is -0.385. The van der Waals surface area contributed by atoms with E-state index in [1.807, 2.05) is 0 Å². The Balaban J connectivity index is 1.73. The molecule has 0 radical (unpaired) electrons. The molecule has 9 nitrogen and oxygen atoms in total. The van der Waals surface area contributed by atoms with Gasteiger partial charge in [0, 0.05) is 17.6 Å². The van der Waals surface area contributed by atoms with E-state index < -0.39 is 39.3 Å². The Morgan fingerprint density at radius 1 is 1.21 bits per heavy atom. The van der Waals surface area contributed by atoms with Gasteiger partial charge < -0.3 is 9.64 Å². The van der Waals surface area contributed by atoms with E-state index in [0.29, 0.717) is 12.0 Å². The number of nitrogens with zero attached hydrogens (tertiary/aromatic N) is 2. The van der Waals surface area contributed by atoms with Gasteiger partial charge in [-0.1, -0.05) is 25.0 Å². The van der Waals surface area contributed by atoms with Crippen LogP contribution in [0.5, 0.6) is 0 Å². The minimum atomic E-state index is -3.17. The van der Waals surface area contributed by atoms with E-state index >= 15 is 0 Å². The zero-order valence-corrected chi connectivity index (χ0v) is 17.0. The van der Waals surface area contributed by atoms with E-state index in [2.05, 4.69) is 0 Å². The molecule has 1 saturated heterocycles. The molecule has 1 aromatic carbocycles. The Kier molecular flexibility index (Phi) is 6.21. The fraction of sp³-hybridized carbons (Fsp3) is 0.579. The first kappa shape index (κ1) is 21.2. The van der Waals surface area contributed by atoms with Crippen LogP contribution >= 0.6 is 0 Å². The largest absolute Gasteiger partial charge is 0.452 e. The first-order valence-electron chi connectivity index (χ1n) is 9.62. The molecule has 1 saturated carbocycles. The summed E-state index contributed by atoms with van der Waals surface area (Å²) < 4.78 is 28.9. The summed E-state index contributed by atoms with van der Waals surface area (Å²) in [5.74, 6) is -1.43. The number of amides is 1. The van der Waals surface area contributed by atoms with Crippen LogP contribution in [0, 0.1) is 17.0 Å². The van der Waals surface area contributed by atoms with Crippen molar-refractivity contribution in [3.63, 3.8) is 0 Å². The smallest absolute Gasteiger partial charge is 0.345 e. The van der Waals surface area contributed by atoms with Crippen LogP contribution in [-0.2, 0) is 19.4 Å². The van der Waals surface area contributed by atoms with Crippen molar-refractivity contribution in [1.29, 1.82) is 0 Å². The molecule has 2 aliphatic rings. The van der Waals surface area contributed by atoms with E-state index in [0.717, 1.165) is 25.7 Å². The normalized spacial score (nSPS) is 21.1. The molecule has 29 heavy (non-hydrogen) atoms. The van der Waals surface area contributed by atoms with Gasteiger partial charge in [0.1, 0.15) is 5.56 Å². The van der Waals surface area contributed by atoms with Gasteiger partial charge in [-0.2, -0.15) is 0 Å². The van der Waals surface area contributed by atoms with Crippen molar-refractivity contribution in [1.82, 2.24) is 4.90 Å². The fourth-order valence-electron chi connectivity index (χ4n) is 4.23. The summed E-state index contributed by atoms with van der Waals surface area (Å²) in [6, 6.07) is 3.84. The number of rotatable bonds is 6. The van der Waals surface area contributed by atoms with Gasteiger partial charge >= 0.3 is 5.97 Å². The van der Waals surface area contributed by atoms with Gasteiger partial charge in [-0.05, 0) is 32.3 Å². The van der Waals surface area contributed by atoms with E-state index in [4.69, 9.17) is 4.74 Å². The second-order valence-electron chi connectivity index (χ2n) is 7.60. The topological polar surface area (TPSA) is 124 Å². The quantitative estimate of drug-likeness (QED) is 0.389. The van der Waals surface area contributed by atoms with Crippen LogP contribution in [0.4, 0.5) is 5.69 Å². The molecular formula is C19H24N2O7S. The van der Waals surface area contributed by atoms with Crippen LogP contribution < -0.4 is 0 Å². The third-order valence-electron chi connectivity index (χ3n) is 5.57. The first-order chi connectivity index (χ1) is 13.7. The highest BCUT2D eigenvalue weighted by molar-refractivity contribution is 7.91. The number of benzene rings is 1. The minimum absolute atomic E-state index is 0.0451. The number of carbonyl (C=O) groups is 2. The summed E-state index contributed by atoms with van der Waals surface area (Å²) in [5.41, 5.74) is -0.238. The number of ether oxygens (including phenoxy) is 1. The van der Waals surface area contributed by atoms with Gasteiger partial charge in [-0.25, -0.2) is 13.2 Å². The lowest BCUT2D eigenvalue weighted by Gasteiger charge is -2.33. The van der Waals surface area contributed by atoms with Crippen LogP contribution in [0.1, 0.15) is 48.0 Å². The Morgan fingerprint density at radius 3 is 2.48 bits per heavy atom. The molecule has 1 amide bonds. The van der Waals surface area contributed by atoms with Gasteiger partial charge in [0.25, 0.3) is 11.6 Å². The molecular weight excluding hydrogens is 400 g/mol. The third-order valence-corrected chi connectivity index (χ3v) is 7.33. The molecule has 0 unspecified atom stereocenters. The van der Waals surface area contributed by atoms with Gasteiger partial charge in [0.15, 0.2) is 16.4 Å². The molecule has 2 fully saturated rings.